The van der Waals surface area contributed by atoms with Crippen LogP contribution in [0.1, 0.15) is 24.4 Å². The lowest BCUT2D eigenvalue weighted by Gasteiger charge is -2.27. The molecular formula is C14H18N6O. The number of hydrogen-bond donors (Lipinski definition) is 2. The summed E-state index contributed by atoms with van der Waals surface area (Å²) in [7, 11) is 0. The fraction of sp³-hybridized carbons (Fsp3) is 0.357. The zero-order chi connectivity index (χ0) is 14.8. The molecular weight excluding hydrogens is 268 g/mol. The molecule has 3 N–H and O–H groups in total. The zero-order valence-corrected chi connectivity index (χ0v) is 11.9. The molecule has 0 bridgehead atoms. The molecule has 2 amide bonds. The summed E-state index contributed by atoms with van der Waals surface area (Å²) in [6.45, 7) is 3.75. The number of rotatable bonds is 2. The van der Waals surface area contributed by atoms with Crippen LogP contribution in [0.5, 0.6) is 0 Å². The molecule has 110 valence electrons. The third-order valence-electron chi connectivity index (χ3n) is 3.59. The molecule has 7 nitrogen and oxygen atoms in total. The fourth-order valence-corrected chi connectivity index (χ4v) is 2.34. The smallest absolute Gasteiger partial charge is 0.322 e. The first kappa shape index (κ1) is 13.6. The Balaban J connectivity index is 1.68. The number of aromatic nitrogens is 3. The molecule has 1 aliphatic heterocycles. The van der Waals surface area contributed by atoms with Crippen molar-refractivity contribution >= 4 is 11.7 Å². The van der Waals surface area contributed by atoms with Crippen molar-refractivity contribution in [1.29, 1.82) is 0 Å². The molecule has 0 radical (unpaired) electrons. The predicted molar refractivity (Wildman–Crippen MR) is 78.5 cm³/mol. The van der Waals surface area contributed by atoms with Gasteiger partial charge < -0.3 is 20.5 Å². The summed E-state index contributed by atoms with van der Waals surface area (Å²) in [6.07, 6.45) is 1.69. The van der Waals surface area contributed by atoms with E-state index in [4.69, 9.17) is 5.73 Å². The minimum atomic E-state index is -0.133. The summed E-state index contributed by atoms with van der Waals surface area (Å²) in [5.41, 5.74) is 7.60. The summed E-state index contributed by atoms with van der Waals surface area (Å²) in [5.74, 6) is 0.806. The molecule has 2 heterocycles. The number of nitrogens with zero attached hydrogens (tertiary/aromatic N) is 4. The van der Waals surface area contributed by atoms with Gasteiger partial charge in [-0.3, -0.25) is 0 Å². The molecule has 0 saturated carbocycles. The number of benzene rings is 1. The molecule has 21 heavy (non-hydrogen) atoms. The number of nitrogens with one attached hydrogen (secondary N) is 1. The molecule has 7 heteroatoms. The maximum Gasteiger partial charge on any atom is 0.322 e. The minimum absolute atomic E-state index is 0.0598. The van der Waals surface area contributed by atoms with E-state index in [9.17, 15) is 4.79 Å². The van der Waals surface area contributed by atoms with Crippen LogP contribution in [-0.2, 0) is 13.1 Å². The lowest BCUT2D eigenvalue weighted by molar-refractivity contribution is 0.195. The van der Waals surface area contributed by atoms with E-state index in [0.29, 0.717) is 13.1 Å². The SMILES string of the molecule is CC(N)c1cccc(NC(=O)N2CCn3cnnc3C2)c1. The van der Waals surface area contributed by atoms with E-state index in [0.717, 1.165) is 23.6 Å². The highest BCUT2D eigenvalue weighted by Crippen LogP contribution is 2.17. The molecule has 2 aromatic rings. The quantitative estimate of drug-likeness (QED) is 0.872. The Morgan fingerprint density at radius 3 is 3.10 bits per heavy atom. The first-order valence-corrected chi connectivity index (χ1v) is 6.91. The third-order valence-corrected chi connectivity index (χ3v) is 3.59. The highest BCUT2D eigenvalue weighted by atomic mass is 16.2. The summed E-state index contributed by atoms with van der Waals surface area (Å²) >= 11 is 0. The molecule has 3 rings (SSSR count). The van der Waals surface area contributed by atoms with Crippen LogP contribution in [-0.4, -0.2) is 32.2 Å². The number of carbonyl (C=O) groups excluding carboxylic acids is 1. The van der Waals surface area contributed by atoms with E-state index in [1.807, 2.05) is 35.8 Å². The van der Waals surface area contributed by atoms with E-state index in [2.05, 4.69) is 15.5 Å². The molecule has 0 saturated heterocycles. The van der Waals surface area contributed by atoms with Crippen molar-refractivity contribution in [3.63, 3.8) is 0 Å². The van der Waals surface area contributed by atoms with Crippen LogP contribution in [0.2, 0.25) is 0 Å². The normalized spacial score (nSPS) is 15.4. The van der Waals surface area contributed by atoms with Crippen LogP contribution in [0.15, 0.2) is 30.6 Å². The number of anilines is 1. The lowest BCUT2D eigenvalue weighted by atomic mass is 10.1. The van der Waals surface area contributed by atoms with Crippen LogP contribution in [0.3, 0.4) is 0 Å². The second kappa shape index (κ2) is 5.53. The van der Waals surface area contributed by atoms with Gasteiger partial charge in [0.25, 0.3) is 0 Å². The van der Waals surface area contributed by atoms with Crippen LogP contribution in [0.4, 0.5) is 10.5 Å². The Labute approximate surface area is 122 Å². The predicted octanol–water partition coefficient (Wildman–Crippen LogP) is 1.35. The summed E-state index contributed by atoms with van der Waals surface area (Å²) < 4.78 is 1.96. The summed E-state index contributed by atoms with van der Waals surface area (Å²) in [6, 6.07) is 7.40. The number of fused-ring (bicyclic) bond motifs is 1. The maximum atomic E-state index is 12.3. The molecule has 0 spiro atoms. The molecule has 1 aromatic heterocycles. The standard InChI is InChI=1S/C14H18N6O/c1-10(15)11-3-2-4-12(7-11)17-14(21)19-5-6-20-9-16-18-13(20)8-19/h2-4,7,9-10H,5-6,8,15H2,1H3,(H,17,21). The molecule has 0 fully saturated rings. The van der Waals surface area contributed by atoms with Crippen molar-refractivity contribution in [2.45, 2.75) is 26.1 Å². The average Bonchev–Trinajstić information content (AvgIpc) is 2.94. The van der Waals surface area contributed by atoms with E-state index in [1.165, 1.54) is 0 Å². The van der Waals surface area contributed by atoms with E-state index >= 15 is 0 Å². The second-order valence-corrected chi connectivity index (χ2v) is 5.21. The van der Waals surface area contributed by atoms with Gasteiger partial charge in [0, 0.05) is 24.8 Å². The van der Waals surface area contributed by atoms with Gasteiger partial charge >= 0.3 is 6.03 Å². The van der Waals surface area contributed by atoms with Crippen molar-refractivity contribution in [2.75, 3.05) is 11.9 Å². The number of amides is 2. The van der Waals surface area contributed by atoms with Gasteiger partial charge in [0.05, 0.1) is 6.54 Å². The van der Waals surface area contributed by atoms with E-state index in [-0.39, 0.29) is 12.1 Å². The fourth-order valence-electron chi connectivity index (χ4n) is 2.34. The lowest BCUT2D eigenvalue weighted by Crippen LogP contribution is -2.40. The van der Waals surface area contributed by atoms with Crippen molar-refractivity contribution in [2.24, 2.45) is 5.73 Å². The van der Waals surface area contributed by atoms with Crippen molar-refractivity contribution < 1.29 is 4.79 Å². The van der Waals surface area contributed by atoms with Crippen molar-refractivity contribution in [3.05, 3.63) is 42.0 Å². The van der Waals surface area contributed by atoms with Gasteiger partial charge in [-0.2, -0.15) is 0 Å². The van der Waals surface area contributed by atoms with Gasteiger partial charge in [0.15, 0.2) is 5.82 Å². The summed E-state index contributed by atoms with van der Waals surface area (Å²) in [5, 5.41) is 10.8. The second-order valence-electron chi connectivity index (χ2n) is 5.21. The Bertz CT molecular complexity index is 650. The highest BCUT2D eigenvalue weighted by molar-refractivity contribution is 5.89. The van der Waals surface area contributed by atoms with Crippen LogP contribution >= 0.6 is 0 Å². The molecule has 1 aromatic carbocycles. The summed E-state index contributed by atoms with van der Waals surface area (Å²) in [4.78, 5) is 14.0. The molecule has 1 unspecified atom stereocenters. The Morgan fingerprint density at radius 1 is 1.43 bits per heavy atom. The van der Waals surface area contributed by atoms with Gasteiger partial charge in [-0.15, -0.1) is 10.2 Å². The minimum Gasteiger partial charge on any atom is -0.324 e. The highest BCUT2D eigenvalue weighted by Gasteiger charge is 2.21. The van der Waals surface area contributed by atoms with Crippen LogP contribution in [0, 0.1) is 0 Å². The van der Waals surface area contributed by atoms with Crippen molar-refractivity contribution in [1.82, 2.24) is 19.7 Å². The van der Waals surface area contributed by atoms with Gasteiger partial charge in [-0.1, -0.05) is 12.1 Å². The van der Waals surface area contributed by atoms with Gasteiger partial charge in [-0.05, 0) is 24.6 Å². The number of nitrogens with two attached hydrogens (primary N) is 1. The maximum absolute atomic E-state index is 12.3. The third kappa shape index (κ3) is 2.87. The number of hydrogen-bond acceptors (Lipinski definition) is 4. The Morgan fingerprint density at radius 2 is 2.29 bits per heavy atom. The molecule has 0 aliphatic carbocycles. The topological polar surface area (TPSA) is 89.1 Å². The molecule has 1 atom stereocenters. The van der Waals surface area contributed by atoms with E-state index < -0.39 is 0 Å². The monoisotopic (exact) mass is 286 g/mol. The number of carbonyl (C=O) groups is 1. The van der Waals surface area contributed by atoms with Gasteiger partial charge in [0.1, 0.15) is 6.33 Å². The Hall–Kier alpha value is -2.41. The molecule has 1 aliphatic rings. The van der Waals surface area contributed by atoms with E-state index in [1.54, 1.807) is 11.2 Å². The Kier molecular flexibility index (Phi) is 3.57. The van der Waals surface area contributed by atoms with Crippen LogP contribution in [0.25, 0.3) is 0 Å². The van der Waals surface area contributed by atoms with Gasteiger partial charge in [-0.25, -0.2) is 4.79 Å². The first-order valence-electron chi connectivity index (χ1n) is 6.91. The van der Waals surface area contributed by atoms with Gasteiger partial charge in [0.2, 0.25) is 0 Å². The largest absolute Gasteiger partial charge is 0.324 e. The average molecular weight is 286 g/mol. The first-order chi connectivity index (χ1) is 10.1. The van der Waals surface area contributed by atoms with Crippen LogP contribution < -0.4 is 11.1 Å². The van der Waals surface area contributed by atoms with Crippen molar-refractivity contribution in [3.8, 4) is 0 Å². The number of urea groups is 1. The zero-order valence-electron chi connectivity index (χ0n) is 11.9.